The van der Waals surface area contributed by atoms with E-state index in [2.05, 4.69) is 26.1 Å². The van der Waals surface area contributed by atoms with Crippen molar-refractivity contribution in [3.05, 3.63) is 5.01 Å². The predicted molar refractivity (Wildman–Crippen MR) is 78.4 cm³/mol. The molecule has 2 fully saturated rings. The highest BCUT2D eigenvalue weighted by Crippen LogP contribution is 2.25. The van der Waals surface area contributed by atoms with Crippen LogP contribution in [0.5, 0.6) is 0 Å². The van der Waals surface area contributed by atoms with Crippen LogP contribution in [0, 0.1) is 6.92 Å². The fourth-order valence-electron chi connectivity index (χ4n) is 2.68. The number of aryl methyl sites for hydroxylation is 1. The lowest BCUT2D eigenvalue weighted by atomic mass is 9.88. The molecule has 2 saturated heterocycles. The zero-order chi connectivity index (χ0) is 15.7. The number of imide groups is 1. The van der Waals surface area contributed by atoms with Crippen molar-refractivity contribution in [2.75, 3.05) is 25.0 Å². The third-order valence-electron chi connectivity index (χ3n) is 3.86. The van der Waals surface area contributed by atoms with Crippen molar-refractivity contribution < 1.29 is 14.4 Å². The Labute approximate surface area is 130 Å². The van der Waals surface area contributed by atoms with Crippen molar-refractivity contribution in [1.29, 1.82) is 0 Å². The molecule has 3 rings (SSSR count). The molecule has 0 unspecified atom stereocenters. The summed E-state index contributed by atoms with van der Waals surface area (Å²) in [6.07, 6.45) is 0.992. The second kappa shape index (κ2) is 5.61. The van der Waals surface area contributed by atoms with Crippen molar-refractivity contribution in [1.82, 2.24) is 25.7 Å². The molecule has 9 nitrogen and oxygen atoms in total. The maximum absolute atomic E-state index is 12.0. The molecule has 4 amide bonds. The van der Waals surface area contributed by atoms with Gasteiger partial charge in [-0.1, -0.05) is 11.3 Å². The van der Waals surface area contributed by atoms with Crippen molar-refractivity contribution >= 4 is 34.3 Å². The summed E-state index contributed by atoms with van der Waals surface area (Å²) in [6, 6.07) is -0.442. The minimum Gasteiger partial charge on any atom is -0.323 e. The number of hydrogen-bond acceptors (Lipinski definition) is 7. The summed E-state index contributed by atoms with van der Waals surface area (Å²) in [5.41, 5.74) is -0.805. The minimum atomic E-state index is -0.805. The van der Waals surface area contributed by atoms with Gasteiger partial charge >= 0.3 is 6.03 Å². The number of nitrogens with one attached hydrogen (secondary N) is 3. The zero-order valence-corrected chi connectivity index (χ0v) is 12.8. The maximum atomic E-state index is 12.0. The van der Waals surface area contributed by atoms with Crippen LogP contribution in [-0.4, -0.2) is 58.1 Å². The SMILES string of the molecule is Cc1nnc(NC(=O)CN2CCC3(CC2)NC(=O)NC3=O)s1. The molecule has 1 spiro atoms. The molecule has 0 aromatic carbocycles. The molecule has 0 saturated carbocycles. The predicted octanol–water partition coefficient (Wildman–Crippen LogP) is -0.541. The van der Waals surface area contributed by atoms with Gasteiger partial charge in [0.1, 0.15) is 10.5 Å². The molecule has 3 heterocycles. The van der Waals surface area contributed by atoms with E-state index in [1.165, 1.54) is 11.3 Å². The normalized spacial score (nSPS) is 20.8. The van der Waals surface area contributed by atoms with Gasteiger partial charge in [-0.05, 0) is 19.8 Å². The van der Waals surface area contributed by atoms with Gasteiger partial charge < -0.3 is 5.32 Å². The van der Waals surface area contributed by atoms with Gasteiger partial charge in [-0.15, -0.1) is 10.2 Å². The summed E-state index contributed by atoms with van der Waals surface area (Å²) in [7, 11) is 0. The third-order valence-corrected chi connectivity index (χ3v) is 4.62. The Balaban J connectivity index is 1.50. The van der Waals surface area contributed by atoms with Crippen LogP contribution in [-0.2, 0) is 9.59 Å². The molecule has 2 aliphatic heterocycles. The average molecular weight is 324 g/mol. The van der Waals surface area contributed by atoms with Crippen LogP contribution in [0.15, 0.2) is 0 Å². The van der Waals surface area contributed by atoms with E-state index in [0.717, 1.165) is 5.01 Å². The van der Waals surface area contributed by atoms with E-state index in [4.69, 9.17) is 0 Å². The molecular weight excluding hydrogens is 308 g/mol. The summed E-state index contributed by atoms with van der Waals surface area (Å²) in [5.74, 6) is -0.432. The number of likely N-dealkylation sites (tertiary alicyclic amines) is 1. The number of amides is 4. The molecule has 118 valence electrons. The molecule has 22 heavy (non-hydrogen) atoms. The lowest BCUT2D eigenvalue weighted by Crippen LogP contribution is -2.55. The van der Waals surface area contributed by atoms with Crippen LogP contribution in [0.1, 0.15) is 17.8 Å². The summed E-state index contributed by atoms with van der Waals surface area (Å²) in [4.78, 5) is 37.0. The fourth-order valence-corrected chi connectivity index (χ4v) is 3.29. The number of carbonyl (C=O) groups excluding carboxylic acids is 3. The fraction of sp³-hybridized carbons (Fsp3) is 0.583. The Bertz CT molecular complexity index is 622. The first kappa shape index (κ1) is 14.9. The summed E-state index contributed by atoms with van der Waals surface area (Å²) < 4.78 is 0. The van der Waals surface area contributed by atoms with Crippen molar-refractivity contribution in [2.24, 2.45) is 0 Å². The van der Waals surface area contributed by atoms with Crippen LogP contribution in [0.3, 0.4) is 0 Å². The molecule has 0 radical (unpaired) electrons. The lowest BCUT2D eigenvalue weighted by Gasteiger charge is -2.36. The Morgan fingerprint density at radius 2 is 2.09 bits per heavy atom. The van der Waals surface area contributed by atoms with Crippen LogP contribution < -0.4 is 16.0 Å². The molecule has 10 heteroatoms. The largest absolute Gasteiger partial charge is 0.323 e. The van der Waals surface area contributed by atoms with E-state index in [0.29, 0.717) is 31.1 Å². The molecule has 0 atom stereocenters. The molecule has 1 aromatic rings. The van der Waals surface area contributed by atoms with Gasteiger partial charge in [0.2, 0.25) is 11.0 Å². The van der Waals surface area contributed by atoms with Gasteiger partial charge in [-0.25, -0.2) is 4.79 Å². The quantitative estimate of drug-likeness (QED) is 0.643. The molecule has 3 N–H and O–H groups in total. The Hall–Kier alpha value is -2.07. The second-order valence-electron chi connectivity index (χ2n) is 5.44. The van der Waals surface area contributed by atoms with E-state index in [9.17, 15) is 14.4 Å². The topological polar surface area (TPSA) is 116 Å². The highest BCUT2D eigenvalue weighted by molar-refractivity contribution is 7.15. The number of anilines is 1. The summed E-state index contributed by atoms with van der Waals surface area (Å²) >= 11 is 1.32. The number of hydrogen-bond donors (Lipinski definition) is 3. The smallest absolute Gasteiger partial charge is 0.322 e. The van der Waals surface area contributed by atoms with Crippen molar-refractivity contribution in [3.8, 4) is 0 Å². The van der Waals surface area contributed by atoms with Crippen LogP contribution in [0.25, 0.3) is 0 Å². The Kier molecular flexibility index (Phi) is 3.79. The van der Waals surface area contributed by atoms with Crippen LogP contribution >= 0.6 is 11.3 Å². The van der Waals surface area contributed by atoms with E-state index in [1.54, 1.807) is 0 Å². The van der Waals surface area contributed by atoms with Crippen molar-refractivity contribution in [3.63, 3.8) is 0 Å². The van der Waals surface area contributed by atoms with Gasteiger partial charge in [0, 0.05) is 13.1 Å². The van der Waals surface area contributed by atoms with Gasteiger partial charge in [0.15, 0.2) is 0 Å². The van der Waals surface area contributed by atoms with E-state index in [-0.39, 0.29) is 18.4 Å². The number of piperidine rings is 1. The van der Waals surface area contributed by atoms with Crippen LogP contribution in [0.2, 0.25) is 0 Å². The molecular formula is C12H16N6O3S. The number of urea groups is 1. The molecule has 0 bridgehead atoms. The second-order valence-corrected chi connectivity index (χ2v) is 6.62. The van der Waals surface area contributed by atoms with Crippen molar-refractivity contribution in [2.45, 2.75) is 25.3 Å². The first-order chi connectivity index (χ1) is 10.5. The number of nitrogens with zero attached hydrogens (tertiary/aromatic N) is 3. The van der Waals surface area contributed by atoms with E-state index >= 15 is 0 Å². The minimum absolute atomic E-state index is 0.160. The molecule has 1 aromatic heterocycles. The van der Waals surface area contributed by atoms with Gasteiger partial charge in [0.25, 0.3) is 5.91 Å². The van der Waals surface area contributed by atoms with Crippen LogP contribution in [0.4, 0.5) is 9.93 Å². The summed E-state index contributed by atoms with van der Waals surface area (Å²) in [6.45, 7) is 3.18. The van der Waals surface area contributed by atoms with Gasteiger partial charge in [0.05, 0.1) is 6.54 Å². The highest BCUT2D eigenvalue weighted by Gasteiger charge is 2.47. The lowest BCUT2D eigenvalue weighted by molar-refractivity contribution is -0.125. The van der Waals surface area contributed by atoms with E-state index < -0.39 is 11.6 Å². The maximum Gasteiger partial charge on any atom is 0.322 e. The Morgan fingerprint density at radius 1 is 1.36 bits per heavy atom. The zero-order valence-electron chi connectivity index (χ0n) is 12.0. The van der Waals surface area contributed by atoms with Gasteiger partial charge in [-0.3, -0.25) is 25.1 Å². The summed E-state index contributed by atoms with van der Waals surface area (Å²) in [5, 5.41) is 16.6. The number of carbonyl (C=O) groups is 3. The van der Waals surface area contributed by atoms with Gasteiger partial charge in [-0.2, -0.15) is 0 Å². The first-order valence-corrected chi connectivity index (χ1v) is 7.74. The first-order valence-electron chi connectivity index (χ1n) is 6.93. The number of rotatable bonds is 3. The molecule has 0 aliphatic carbocycles. The highest BCUT2D eigenvalue weighted by atomic mass is 32.1. The third kappa shape index (κ3) is 2.92. The van der Waals surface area contributed by atoms with E-state index in [1.807, 2.05) is 11.8 Å². The molecule has 2 aliphatic rings. The number of aromatic nitrogens is 2. The monoisotopic (exact) mass is 324 g/mol. The average Bonchev–Trinajstić information content (AvgIpc) is 2.97. The standard InChI is InChI=1S/C12H16N6O3S/c1-7-16-17-11(22-7)13-8(19)6-18-4-2-12(3-5-18)9(20)14-10(21)15-12/h2-6H2,1H3,(H,13,17,19)(H2,14,15,20,21). The Morgan fingerprint density at radius 3 is 2.64 bits per heavy atom.